The Labute approximate surface area is 153 Å². The van der Waals surface area contributed by atoms with Gasteiger partial charge in [-0.25, -0.2) is 4.79 Å². The van der Waals surface area contributed by atoms with Crippen LogP contribution < -0.4 is 5.32 Å². The summed E-state index contributed by atoms with van der Waals surface area (Å²) in [4.78, 5) is 27.9. The van der Waals surface area contributed by atoms with Crippen LogP contribution in [0.5, 0.6) is 0 Å². The van der Waals surface area contributed by atoms with Crippen LogP contribution in [0.2, 0.25) is 5.02 Å². The van der Waals surface area contributed by atoms with E-state index in [1.165, 1.54) is 5.56 Å². The first-order valence-corrected chi connectivity index (χ1v) is 9.51. The molecule has 0 aromatic heterocycles. The van der Waals surface area contributed by atoms with Crippen LogP contribution in [0.1, 0.15) is 31.2 Å². The van der Waals surface area contributed by atoms with Gasteiger partial charge in [-0.2, -0.15) is 0 Å². The Morgan fingerprint density at radius 2 is 1.92 bits per heavy atom. The first-order valence-electron chi connectivity index (χ1n) is 9.13. The SMILES string of the molecule is O=C1CCC2(CN(C(=O)N3CCC(Cc4ccccc4Cl)CC3)C2)N1. The molecule has 5 nitrogen and oxygen atoms in total. The second-order valence-electron chi connectivity index (χ2n) is 7.69. The molecule has 1 aromatic rings. The molecule has 0 bridgehead atoms. The van der Waals surface area contributed by atoms with Crippen molar-refractivity contribution < 1.29 is 9.59 Å². The van der Waals surface area contributed by atoms with Crippen molar-refractivity contribution in [3.8, 4) is 0 Å². The van der Waals surface area contributed by atoms with Gasteiger partial charge in [0, 0.05) is 37.6 Å². The fourth-order valence-corrected chi connectivity index (χ4v) is 4.55. The summed E-state index contributed by atoms with van der Waals surface area (Å²) < 4.78 is 0. The fourth-order valence-electron chi connectivity index (χ4n) is 4.33. The van der Waals surface area contributed by atoms with E-state index in [9.17, 15) is 9.59 Å². The molecule has 1 aromatic carbocycles. The molecule has 0 unspecified atom stereocenters. The van der Waals surface area contributed by atoms with Crippen LogP contribution in [0.3, 0.4) is 0 Å². The van der Waals surface area contributed by atoms with Crippen molar-refractivity contribution in [2.24, 2.45) is 5.92 Å². The number of hydrogen-bond donors (Lipinski definition) is 1. The summed E-state index contributed by atoms with van der Waals surface area (Å²) in [6.07, 6.45) is 4.48. The van der Waals surface area contributed by atoms with Crippen molar-refractivity contribution in [3.63, 3.8) is 0 Å². The molecule has 0 aliphatic carbocycles. The van der Waals surface area contributed by atoms with E-state index in [4.69, 9.17) is 11.6 Å². The third-order valence-electron chi connectivity index (χ3n) is 5.84. The Balaban J connectivity index is 1.26. The smallest absolute Gasteiger partial charge is 0.320 e. The Kier molecular flexibility index (Phi) is 4.36. The average molecular weight is 362 g/mol. The molecular formula is C19H24ClN3O2. The predicted molar refractivity (Wildman–Crippen MR) is 96.5 cm³/mol. The van der Waals surface area contributed by atoms with Crippen LogP contribution in [-0.4, -0.2) is 53.5 Å². The van der Waals surface area contributed by atoms with Gasteiger partial charge in [0.1, 0.15) is 0 Å². The van der Waals surface area contributed by atoms with Gasteiger partial charge >= 0.3 is 6.03 Å². The van der Waals surface area contributed by atoms with Crippen molar-refractivity contribution >= 4 is 23.5 Å². The number of carbonyl (C=O) groups excluding carboxylic acids is 2. The van der Waals surface area contributed by atoms with Crippen LogP contribution in [0, 0.1) is 5.92 Å². The van der Waals surface area contributed by atoms with Gasteiger partial charge in [0.25, 0.3) is 0 Å². The maximum atomic E-state index is 12.6. The summed E-state index contributed by atoms with van der Waals surface area (Å²) in [6, 6.07) is 8.15. The number of carbonyl (C=O) groups is 2. The molecule has 1 spiro atoms. The van der Waals surface area contributed by atoms with Crippen LogP contribution in [0.25, 0.3) is 0 Å². The molecule has 4 rings (SSSR count). The number of benzene rings is 1. The minimum Gasteiger partial charge on any atom is -0.347 e. The quantitative estimate of drug-likeness (QED) is 0.880. The summed E-state index contributed by atoms with van der Waals surface area (Å²) >= 11 is 6.26. The van der Waals surface area contributed by atoms with E-state index < -0.39 is 0 Å². The molecule has 3 amide bonds. The van der Waals surface area contributed by atoms with Crippen molar-refractivity contribution in [1.82, 2.24) is 15.1 Å². The lowest BCUT2D eigenvalue weighted by atomic mass is 9.88. The summed E-state index contributed by atoms with van der Waals surface area (Å²) in [5, 5.41) is 3.87. The summed E-state index contributed by atoms with van der Waals surface area (Å²) in [6.45, 7) is 2.95. The van der Waals surface area contributed by atoms with Crippen molar-refractivity contribution in [3.05, 3.63) is 34.9 Å². The van der Waals surface area contributed by atoms with Gasteiger partial charge in [0.2, 0.25) is 5.91 Å². The van der Waals surface area contributed by atoms with Crippen molar-refractivity contribution in [1.29, 1.82) is 0 Å². The molecule has 0 atom stereocenters. The highest BCUT2D eigenvalue weighted by atomic mass is 35.5. The topological polar surface area (TPSA) is 52.7 Å². The minimum atomic E-state index is -0.130. The highest BCUT2D eigenvalue weighted by Gasteiger charge is 2.50. The molecule has 3 heterocycles. The number of hydrogen-bond acceptors (Lipinski definition) is 2. The molecule has 1 N–H and O–H groups in total. The Bertz CT molecular complexity index is 679. The van der Waals surface area contributed by atoms with E-state index in [0.29, 0.717) is 25.4 Å². The zero-order valence-electron chi connectivity index (χ0n) is 14.3. The molecule has 0 radical (unpaired) electrons. The largest absolute Gasteiger partial charge is 0.347 e. The second kappa shape index (κ2) is 6.52. The number of nitrogens with zero attached hydrogens (tertiary/aromatic N) is 2. The average Bonchev–Trinajstić information content (AvgIpc) is 2.98. The van der Waals surface area contributed by atoms with Gasteiger partial charge in [-0.15, -0.1) is 0 Å². The number of halogens is 1. The van der Waals surface area contributed by atoms with Gasteiger partial charge in [0.15, 0.2) is 0 Å². The lowest BCUT2D eigenvalue weighted by Gasteiger charge is -2.49. The number of piperidine rings is 1. The Hall–Kier alpha value is -1.75. The van der Waals surface area contributed by atoms with Crippen molar-refractivity contribution in [2.45, 2.75) is 37.6 Å². The van der Waals surface area contributed by atoms with Gasteiger partial charge < -0.3 is 15.1 Å². The minimum absolute atomic E-state index is 0.118. The summed E-state index contributed by atoms with van der Waals surface area (Å²) in [5.74, 6) is 0.702. The van der Waals surface area contributed by atoms with E-state index in [1.54, 1.807) is 0 Å². The van der Waals surface area contributed by atoms with E-state index >= 15 is 0 Å². The number of likely N-dealkylation sites (tertiary alicyclic amines) is 2. The van der Waals surface area contributed by atoms with Gasteiger partial charge in [0.05, 0.1) is 5.54 Å². The van der Waals surface area contributed by atoms with Gasteiger partial charge in [-0.3, -0.25) is 4.79 Å². The first kappa shape index (κ1) is 16.7. The highest BCUT2D eigenvalue weighted by molar-refractivity contribution is 6.31. The molecule has 3 fully saturated rings. The molecule has 25 heavy (non-hydrogen) atoms. The monoisotopic (exact) mass is 361 g/mol. The van der Waals surface area contributed by atoms with E-state index in [1.807, 2.05) is 28.0 Å². The summed E-state index contributed by atoms with van der Waals surface area (Å²) in [5.41, 5.74) is 1.07. The molecule has 3 aliphatic heterocycles. The first-order chi connectivity index (χ1) is 12.0. The zero-order chi connectivity index (χ0) is 17.4. The molecule has 6 heteroatoms. The van der Waals surface area contributed by atoms with Crippen LogP contribution in [0.15, 0.2) is 24.3 Å². The lowest BCUT2D eigenvalue weighted by Crippen LogP contribution is -2.70. The number of nitrogens with one attached hydrogen (secondary N) is 1. The molecule has 3 aliphatic rings. The third kappa shape index (κ3) is 3.34. The lowest BCUT2D eigenvalue weighted by molar-refractivity contribution is -0.120. The van der Waals surface area contributed by atoms with Gasteiger partial charge in [-0.05, 0) is 43.2 Å². The maximum Gasteiger partial charge on any atom is 0.320 e. The standard InChI is InChI=1S/C19H24ClN3O2/c20-16-4-2-1-3-15(16)11-14-6-9-22(10-7-14)18(25)23-12-19(13-23)8-5-17(24)21-19/h1-4,14H,5-13H2,(H,21,24). The molecular weight excluding hydrogens is 338 g/mol. The molecule has 134 valence electrons. The zero-order valence-corrected chi connectivity index (χ0v) is 15.1. The fraction of sp³-hybridized carbons (Fsp3) is 0.579. The molecule has 0 saturated carbocycles. The van der Waals surface area contributed by atoms with Gasteiger partial charge in [-0.1, -0.05) is 29.8 Å². The second-order valence-corrected chi connectivity index (χ2v) is 8.10. The Morgan fingerprint density at radius 1 is 1.20 bits per heavy atom. The molecule has 3 saturated heterocycles. The van der Waals surface area contributed by atoms with Crippen LogP contribution in [-0.2, 0) is 11.2 Å². The van der Waals surface area contributed by atoms with Crippen LogP contribution >= 0.6 is 11.6 Å². The maximum absolute atomic E-state index is 12.6. The predicted octanol–water partition coefficient (Wildman–Crippen LogP) is 2.68. The summed E-state index contributed by atoms with van der Waals surface area (Å²) in [7, 11) is 0. The van der Waals surface area contributed by atoms with Crippen LogP contribution in [0.4, 0.5) is 4.79 Å². The number of rotatable bonds is 2. The number of urea groups is 1. The Morgan fingerprint density at radius 3 is 2.56 bits per heavy atom. The highest BCUT2D eigenvalue weighted by Crippen LogP contribution is 2.32. The number of amides is 3. The van der Waals surface area contributed by atoms with E-state index in [-0.39, 0.29) is 17.5 Å². The van der Waals surface area contributed by atoms with E-state index in [0.717, 1.165) is 43.8 Å². The normalized spacial score (nSPS) is 22.8. The van der Waals surface area contributed by atoms with Crippen molar-refractivity contribution in [2.75, 3.05) is 26.2 Å². The third-order valence-corrected chi connectivity index (χ3v) is 6.21. The van der Waals surface area contributed by atoms with E-state index in [2.05, 4.69) is 11.4 Å².